The predicted octanol–water partition coefficient (Wildman–Crippen LogP) is 2.06. The van der Waals surface area contributed by atoms with E-state index in [4.69, 9.17) is 5.26 Å². The van der Waals surface area contributed by atoms with Gasteiger partial charge in [0.1, 0.15) is 0 Å². The molecular weight excluding hydrogens is 216 g/mol. The van der Waals surface area contributed by atoms with Gasteiger partial charge in [-0.15, -0.1) is 0 Å². The van der Waals surface area contributed by atoms with Gasteiger partial charge in [-0.05, 0) is 40.3 Å². The predicted molar refractivity (Wildman–Crippen MR) is 67.3 cm³/mol. The molecule has 0 amide bonds. The van der Waals surface area contributed by atoms with Crippen LogP contribution in [0.15, 0.2) is 0 Å². The minimum atomic E-state index is -0.255. The van der Waals surface area contributed by atoms with Crippen LogP contribution in [0, 0.1) is 22.7 Å². The average molecular weight is 240 g/mol. The Morgan fingerprint density at radius 2 is 2.12 bits per heavy atom. The zero-order valence-corrected chi connectivity index (χ0v) is 11.6. The molecule has 0 aromatic rings. The monoisotopic (exact) mass is 240 g/mol. The standard InChI is InChI=1S/C13H24N2O2/c1-11(12(16)17-5)9-15(4)8-6-7-13(2,3)10-14/h11H,6-9H2,1-5H3. The van der Waals surface area contributed by atoms with E-state index in [0.29, 0.717) is 6.54 Å². The van der Waals surface area contributed by atoms with Crippen LogP contribution in [0.4, 0.5) is 0 Å². The molecule has 4 nitrogen and oxygen atoms in total. The van der Waals surface area contributed by atoms with Crippen molar-refractivity contribution >= 4 is 5.97 Å². The Labute approximate surface area is 105 Å². The number of nitrogens with zero attached hydrogens (tertiary/aromatic N) is 2. The Morgan fingerprint density at radius 3 is 2.59 bits per heavy atom. The molecule has 0 aliphatic heterocycles. The van der Waals surface area contributed by atoms with Crippen LogP contribution in [0.1, 0.15) is 33.6 Å². The van der Waals surface area contributed by atoms with Crippen molar-refractivity contribution in [2.24, 2.45) is 11.3 Å². The Bertz CT molecular complexity index is 282. The number of carbonyl (C=O) groups is 1. The first-order valence-electron chi connectivity index (χ1n) is 6.00. The van der Waals surface area contributed by atoms with Crippen molar-refractivity contribution in [2.75, 3.05) is 27.2 Å². The van der Waals surface area contributed by atoms with Crippen LogP contribution in [0.25, 0.3) is 0 Å². The molecule has 0 radical (unpaired) electrons. The summed E-state index contributed by atoms with van der Waals surface area (Å²) in [6.45, 7) is 7.35. The Balaban J connectivity index is 3.85. The lowest BCUT2D eigenvalue weighted by molar-refractivity contribution is -0.145. The minimum Gasteiger partial charge on any atom is -0.469 e. The fraction of sp³-hybridized carbons (Fsp3) is 0.846. The maximum absolute atomic E-state index is 11.2. The highest BCUT2D eigenvalue weighted by atomic mass is 16.5. The van der Waals surface area contributed by atoms with E-state index in [-0.39, 0.29) is 17.3 Å². The number of hydrogen-bond acceptors (Lipinski definition) is 4. The van der Waals surface area contributed by atoms with Crippen molar-refractivity contribution in [3.05, 3.63) is 0 Å². The molecule has 0 N–H and O–H groups in total. The van der Waals surface area contributed by atoms with Crippen molar-refractivity contribution in [2.45, 2.75) is 33.6 Å². The van der Waals surface area contributed by atoms with Gasteiger partial charge in [0.25, 0.3) is 0 Å². The summed E-state index contributed by atoms with van der Waals surface area (Å²) in [5.74, 6) is -0.275. The molecule has 0 aromatic carbocycles. The molecule has 0 heterocycles. The summed E-state index contributed by atoms with van der Waals surface area (Å²) >= 11 is 0. The van der Waals surface area contributed by atoms with Gasteiger partial charge in [-0.2, -0.15) is 5.26 Å². The van der Waals surface area contributed by atoms with Gasteiger partial charge in [0.2, 0.25) is 0 Å². The van der Waals surface area contributed by atoms with E-state index < -0.39 is 0 Å². The maximum Gasteiger partial charge on any atom is 0.309 e. The third-order valence-electron chi connectivity index (χ3n) is 2.83. The second-order valence-corrected chi connectivity index (χ2v) is 5.29. The summed E-state index contributed by atoms with van der Waals surface area (Å²) in [4.78, 5) is 13.3. The van der Waals surface area contributed by atoms with Crippen LogP contribution in [-0.2, 0) is 9.53 Å². The lowest BCUT2D eigenvalue weighted by Gasteiger charge is -2.21. The summed E-state index contributed by atoms with van der Waals surface area (Å²) in [7, 11) is 3.40. The number of ether oxygens (including phenoxy) is 1. The molecule has 0 spiro atoms. The molecule has 98 valence electrons. The normalized spacial score (nSPS) is 13.2. The molecule has 17 heavy (non-hydrogen) atoms. The quantitative estimate of drug-likeness (QED) is 0.639. The van der Waals surface area contributed by atoms with E-state index in [1.807, 2.05) is 27.8 Å². The molecule has 0 rings (SSSR count). The maximum atomic E-state index is 11.2. The molecule has 0 fully saturated rings. The van der Waals surface area contributed by atoms with Gasteiger partial charge in [0.05, 0.1) is 24.5 Å². The number of methoxy groups -OCH3 is 1. The number of hydrogen-bond donors (Lipinski definition) is 0. The van der Waals surface area contributed by atoms with E-state index in [1.54, 1.807) is 0 Å². The second-order valence-electron chi connectivity index (χ2n) is 5.29. The van der Waals surface area contributed by atoms with E-state index >= 15 is 0 Å². The summed E-state index contributed by atoms with van der Waals surface area (Å²) in [5, 5.41) is 8.88. The molecule has 1 unspecified atom stereocenters. The summed E-state index contributed by atoms with van der Waals surface area (Å²) in [6.07, 6.45) is 1.84. The fourth-order valence-corrected chi connectivity index (χ4v) is 1.68. The number of nitriles is 1. The average Bonchev–Trinajstić information content (AvgIpc) is 2.27. The summed E-state index contributed by atoms with van der Waals surface area (Å²) in [6, 6.07) is 2.29. The second kappa shape index (κ2) is 7.29. The van der Waals surface area contributed by atoms with E-state index in [2.05, 4.69) is 15.7 Å². The van der Waals surface area contributed by atoms with E-state index in [9.17, 15) is 4.79 Å². The van der Waals surface area contributed by atoms with E-state index in [1.165, 1.54) is 7.11 Å². The van der Waals surface area contributed by atoms with Crippen molar-refractivity contribution in [3.63, 3.8) is 0 Å². The first kappa shape index (κ1) is 15.9. The van der Waals surface area contributed by atoms with Gasteiger partial charge in [-0.3, -0.25) is 4.79 Å². The van der Waals surface area contributed by atoms with Gasteiger partial charge in [0, 0.05) is 6.54 Å². The van der Waals surface area contributed by atoms with Crippen molar-refractivity contribution in [3.8, 4) is 6.07 Å². The fourth-order valence-electron chi connectivity index (χ4n) is 1.68. The largest absolute Gasteiger partial charge is 0.469 e. The molecule has 0 aromatic heterocycles. The Morgan fingerprint density at radius 1 is 1.53 bits per heavy atom. The van der Waals surface area contributed by atoms with Crippen LogP contribution < -0.4 is 0 Å². The van der Waals surface area contributed by atoms with Crippen LogP contribution in [0.5, 0.6) is 0 Å². The summed E-state index contributed by atoms with van der Waals surface area (Å²) < 4.78 is 4.68. The molecule has 0 aliphatic rings. The molecule has 1 atom stereocenters. The number of esters is 1. The van der Waals surface area contributed by atoms with Crippen LogP contribution in [-0.4, -0.2) is 38.1 Å². The number of carbonyl (C=O) groups excluding carboxylic acids is 1. The smallest absolute Gasteiger partial charge is 0.309 e. The highest BCUT2D eigenvalue weighted by molar-refractivity contribution is 5.71. The summed E-state index contributed by atoms with van der Waals surface area (Å²) in [5.41, 5.74) is -0.255. The Hall–Kier alpha value is -1.08. The van der Waals surface area contributed by atoms with Crippen molar-refractivity contribution in [1.82, 2.24) is 4.90 Å². The highest BCUT2D eigenvalue weighted by Gasteiger charge is 2.18. The molecule has 0 saturated carbocycles. The highest BCUT2D eigenvalue weighted by Crippen LogP contribution is 2.20. The first-order chi connectivity index (χ1) is 7.82. The zero-order chi connectivity index (χ0) is 13.5. The molecule has 4 heteroatoms. The molecule has 0 saturated heterocycles. The molecule has 0 aliphatic carbocycles. The SMILES string of the molecule is COC(=O)C(C)CN(C)CCCC(C)(C)C#N. The first-order valence-corrected chi connectivity index (χ1v) is 6.00. The molecular formula is C13H24N2O2. The van der Waals surface area contributed by atoms with Crippen molar-refractivity contribution in [1.29, 1.82) is 5.26 Å². The van der Waals surface area contributed by atoms with Gasteiger partial charge in [-0.1, -0.05) is 6.92 Å². The van der Waals surface area contributed by atoms with Gasteiger partial charge in [0.15, 0.2) is 0 Å². The van der Waals surface area contributed by atoms with Gasteiger partial charge < -0.3 is 9.64 Å². The third kappa shape index (κ3) is 6.96. The van der Waals surface area contributed by atoms with Crippen LogP contribution >= 0.6 is 0 Å². The third-order valence-corrected chi connectivity index (χ3v) is 2.83. The zero-order valence-electron chi connectivity index (χ0n) is 11.6. The number of rotatable bonds is 7. The molecule has 0 bridgehead atoms. The minimum absolute atomic E-state index is 0.103. The van der Waals surface area contributed by atoms with Crippen molar-refractivity contribution < 1.29 is 9.53 Å². The van der Waals surface area contributed by atoms with Gasteiger partial charge in [-0.25, -0.2) is 0 Å². The lowest BCUT2D eigenvalue weighted by atomic mass is 9.90. The Kier molecular flexibility index (Phi) is 6.82. The lowest BCUT2D eigenvalue weighted by Crippen LogP contribution is -2.30. The van der Waals surface area contributed by atoms with Gasteiger partial charge >= 0.3 is 5.97 Å². The topological polar surface area (TPSA) is 53.3 Å². The van der Waals surface area contributed by atoms with E-state index in [0.717, 1.165) is 19.4 Å². The van der Waals surface area contributed by atoms with Crippen LogP contribution in [0.3, 0.4) is 0 Å². The van der Waals surface area contributed by atoms with Crippen LogP contribution in [0.2, 0.25) is 0 Å².